The molecule has 0 spiro atoms. The van der Waals surface area contributed by atoms with Gasteiger partial charge in [0.1, 0.15) is 0 Å². The maximum Gasteiger partial charge on any atom is 0.0564 e. The Morgan fingerprint density at radius 3 is 2.88 bits per heavy atom. The first-order valence-electron chi connectivity index (χ1n) is 6.43. The molecule has 1 saturated heterocycles. The second kappa shape index (κ2) is 4.94. The van der Waals surface area contributed by atoms with Gasteiger partial charge in [-0.2, -0.15) is 0 Å². The van der Waals surface area contributed by atoms with Gasteiger partial charge in [-0.25, -0.2) is 0 Å². The lowest BCUT2D eigenvalue weighted by atomic mass is 10.1. The van der Waals surface area contributed by atoms with E-state index in [1.165, 1.54) is 31.4 Å². The predicted molar refractivity (Wildman–Crippen MR) is 73.3 cm³/mol. The smallest absolute Gasteiger partial charge is 0.0564 e. The Bertz CT molecular complexity index is 392. The molecule has 1 N–H and O–H groups in total. The van der Waals surface area contributed by atoms with Crippen LogP contribution in [0.5, 0.6) is 0 Å². The summed E-state index contributed by atoms with van der Waals surface area (Å²) in [6, 6.07) is 3.63. The minimum Gasteiger partial charge on any atom is -0.369 e. The van der Waals surface area contributed by atoms with Crippen molar-refractivity contribution in [2.45, 2.75) is 37.8 Å². The summed E-state index contributed by atoms with van der Waals surface area (Å²) >= 11 is 3.49. The number of anilines is 1. The van der Waals surface area contributed by atoms with E-state index < -0.39 is 0 Å². The fourth-order valence-electron chi connectivity index (χ4n) is 2.50. The van der Waals surface area contributed by atoms with Gasteiger partial charge in [-0.05, 0) is 47.7 Å². The zero-order valence-corrected chi connectivity index (χ0v) is 11.5. The van der Waals surface area contributed by atoms with Gasteiger partial charge in [0.25, 0.3) is 0 Å². The van der Waals surface area contributed by atoms with Gasteiger partial charge < -0.3 is 10.2 Å². The monoisotopic (exact) mass is 295 g/mol. The molecule has 3 nitrogen and oxygen atoms in total. The average Bonchev–Trinajstić information content (AvgIpc) is 3.13. The minimum absolute atomic E-state index is 0.662. The molecular formula is C13H18BrN3. The Morgan fingerprint density at radius 1 is 1.24 bits per heavy atom. The molecule has 2 fully saturated rings. The van der Waals surface area contributed by atoms with Gasteiger partial charge in [-0.15, -0.1) is 0 Å². The number of nitrogens with one attached hydrogen (secondary N) is 1. The highest BCUT2D eigenvalue weighted by Gasteiger charge is 2.27. The van der Waals surface area contributed by atoms with E-state index in [-0.39, 0.29) is 0 Å². The van der Waals surface area contributed by atoms with Crippen LogP contribution in [0.4, 0.5) is 5.69 Å². The van der Waals surface area contributed by atoms with Gasteiger partial charge in [0.2, 0.25) is 0 Å². The second-order valence-electron chi connectivity index (χ2n) is 5.09. The summed E-state index contributed by atoms with van der Waals surface area (Å²) in [7, 11) is 0. The van der Waals surface area contributed by atoms with Crippen LogP contribution in [0.15, 0.2) is 22.9 Å². The van der Waals surface area contributed by atoms with Crippen molar-refractivity contribution in [1.82, 2.24) is 10.3 Å². The molecule has 0 bridgehead atoms. The molecule has 1 aromatic rings. The first-order valence-corrected chi connectivity index (χ1v) is 7.22. The molecule has 4 heteroatoms. The zero-order chi connectivity index (χ0) is 11.7. The molecule has 0 aromatic carbocycles. The van der Waals surface area contributed by atoms with E-state index in [1.54, 1.807) is 0 Å². The van der Waals surface area contributed by atoms with E-state index in [9.17, 15) is 0 Å². The van der Waals surface area contributed by atoms with Crippen molar-refractivity contribution in [1.29, 1.82) is 0 Å². The first-order chi connectivity index (χ1) is 8.31. The number of aromatic nitrogens is 1. The highest BCUT2D eigenvalue weighted by atomic mass is 79.9. The number of piperidine rings is 1. The van der Waals surface area contributed by atoms with Crippen molar-refractivity contribution in [3.8, 4) is 0 Å². The Labute approximate surface area is 111 Å². The maximum absolute atomic E-state index is 4.25. The topological polar surface area (TPSA) is 28.2 Å². The van der Waals surface area contributed by atoms with Crippen molar-refractivity contribution in [2.75, 3.05) is 18.0 Å². The molecule has 1 saturated carbocycles. The number of hydrogen-bond acceptors (Lipinski definition) is 3. The number of rotatable bonds is 3. The Morgan fingerprint density at radius 2 is 2.12 bits per heavy atom. The van der Waals surface area contributed by atoms with Crippen molar-refractivity contribution in [3.63, 3.8) is 0 Å². The third-order valence-electron chi connectivity index (χ3n) is 3.53. The quantitative estimate of drug-likeness (QED) is 0.929. The summed E-state index contributed by atoms with van der Waals surface area (Å²) in [4.78, 5) is 6.69. The van der Waals surface area contributed by atoms with Crippen molar-refractivity contribution >= 4 is 21.6 Å². The second-order valence-corrected chi connectivity index (χ2v) is 6.00. The van der Waals surface area contributed by atoms with Gasteiger partial charge >= 0.3 is 0 Å². The molecule has 17 heavy (non-hydrogen) atoms. The fourth-order valence-corrected chi connectivity index (χ4v) is 2.86. The summed E-state index contributed by atoms with van der Waals surface area (Å²) in [5.41, 5.74) is 1.24. The van der Waals surface area contributed by atoms with Crippen LogP contribution in [0.1, 0.15) is 25.7 Å². The summed E-state index contributed by atoms with van der Waals surface area (Å²) in [5, 5.41) is 3.73. The van der Waals surface area contributed by atoms with E-state index in [0.29, 0.717) is 6.04 Å². The molecule has 0 radical (unpaired) electrons. The zero-order valence-electron chi connectivity index (χ0n) is 9.90. The Hall–Kier alpha value is -0.610. The van der Waals surface area contributed by atoms with Gasteiger partial charge in [-0.3, -0.25) is 4.98 Å². The van der Waals surface area contributed by atoms with Crippen LogP contribution >= 0.6 is 15.9 Å². The SMILES string of the molecule is Brc1cncc(N2CCCC(NC3CC3)C2)c1. The van der Waals surface area contributed by atoms with Crippen LogP contribution in [-0.4, -0.2) is 30.2 Å². The van der Waals surface area contributed by atoms with Crippen molar-refractivity contribution in [3.05, 3.63) is 22.9 Å². The molecule has 1 unspecified atom stereocenters. The van der Waals surface area contributed by atoms with Gasteiger partial charge in [-0.1, -0.05) is 0 Å². The first kappa shape index (κ1) is 11.5. The van der Waals surface area contributed by atoms with Crippen molar-refractivity contribution < 1.29 is 0 Å². The molecule has 2 aliphatic rings. The van der Waals surface area contributed by atoms with E-state index >= 15 is 0 Å². The predicted octanol–water partition coefficient (Wildman–Crippen LogP) is 2.56. The molecule has 1 aromatic heterocycles. The van der Waals surface area contributed by atoms with E-state index in [2.05, 4.69) is 37.2 Å². The molecule has 1 aliphatic heterocycles. The van der Waals surface area contributed by atoms with Crippen LogP contribution < -0.4 is 10.2 Å². The van der Waals surface area contributed by atoms with E-state index in [4.69, 9.17) is 0 Å². The average molecular weight is 296 g/mol. The van der Waals surface area contributed by atoms with E-state index in [0.717, 1.165) is 23.6 Å². The lowest BCUT2D eigenvalue weighted by Crippen LogP contribution is -2.46. The third-order valence-corrected chi connectivity index (χ3v) is 3.96. The summed E-state index contributed by atoms with van der Waals surface area (Å²) < 4.78 is 1.06. The molecule has 1 aliphatic carbocycles. The van der Waals surface area contributed by atoms with Gasteiger partial charge in [0, 0.05) is 35.8 Å². The summed E-state index contributed by atoms with van der Waals surface area (Å²) in [5.74, 6) is 0. The van der Waals surface area contributed by atoms with Crippen molar-refractivity contribution in [2.24, 2.45) is 0 Å². The van der Waals surface area contributed by atoms with Gasteiger partial charge in [0.15, 0.2) is 0 Å². The van der Waals surface area contributed by atoms with Crippen LogP contribution in [0.2, 0.25) is 0 Å². The van der Waals surface area contributed by atoms with Crippen LogP contribution in [0.3, 0.4) is 0 Å². The lowest BCUT2D eigenvalue weighted by molar-refractivity contribution is 0.420. The lowest BCUT2D eigenvalue weighted by Gasteiger charge is -2.34. The molecule has 1 atom stereocenters. The van der Waals surface area contributed by atoms with E-state index in [1.807, 2.05) is 12.4 Å². The molecule has 92 valence electrons. The number of hydrogen-bond donors (Lipinski definition) is 1. The number of pyridine rings is 1. The number of nitrogens with zero attached hydrogens (tertiary/aromatic N) is 2. The normalized spacial score (nSPS) is 25.0. The maximum atomic E-state index is 4.25. The highest BCUT2D eigenvalue weighted by Crippen LogP contribution is 2.25. The largest absolute Gasteiger partial charge is 0.369 e. The molecule has 0 amide bonds. The highest BCUT2D eigenvalue weighted by molar-refractivity contribution is 9.10. The van der Waals surface area contributed by atoms with Crippen LogP contribution in [-0.2, 0) is 0 Å². The molecule has 3 rings (SSSR count). The Kier molecular flexibility index (Phi) is 3.34. The third kappa shape index (κ3) is 2.99. The Balaban J connectivity index is 1.65. The fraction of sp³-hybridized carbons (Fsp3) is 0.615. The number of halogens is 1. The summed E-state index contributed by atoms with van der Waals surface area (Å²) in [6.45, 7) is 2.27. The van der Waals surface area contributed by atoms with Crippen LogP contribution in [0.25, 0.3) is 0 Å². The minimum atomic E-state index is 0.662. The summed E-state index contributed by atoms with van der Waals surface area (Å²) in [6.07, 6.45) is 9.13. The standard InChI is InChI=1S/C13H18BrN3/c14-10-6-13(8-15-7-10)17-5-1-2-12(9-17)16-11-3-4-11/h6-8,11-12,16H,1-5,9H2. The van der Waals surface area contributed by atoms with Crippen LogP contribution in [0, 0.1) is 0 Å². The van der Waals surface area contributed by atoms with Gasteiger partial charge in [0.05, 0.1) is 11.9 Å². The molecule has 2 heterocycles. The molecular weight excluding hydrogens is 278 g/mol.